The van der Waals surface area contributed by atoms with Gasteiger partial charge in [-0.05, 0) is 38.3 Å². The molecule has 0 unspecified atom stereocenters. The van der Waals surface area contributed by atoms with Crippen LogP contribution in [0.3, 0.4) is 0 Å². The third-order valence-corrected chi connectivity index (χ3v) is 4.27. The number of urea groups is 2. The van der Waals surface area contributed by atoms with Gasteiger partial charge in [-0.15, -0.1) is 0 Å². The van der Waals surface area contributed by atoms with Crippen LogP contribution in [-0.2, 0) is 14.4 Å². The summed E-state index contributed by atoms with van der Waals surface area (Å²) in [5.74, 6) is -4.03. The van der Waals surface area contributed by atoms with Crippen LogP contribution in [0.5, 0.6) is 0 Å². The molecule has 0 bridgehead atoms. The highest BCUT2D eigenvalue weighted by molar-refractivity contribution is 5.89. The Morgan fingerprint density at radius 3 is 2.18 bits per heavy atom. The van der Waals surface area contributed by atoms with Gasteiger partial charge in [0, 0.05) is 18.7 Å². The number of hydrogen-bond donors (Lipinski definition) is 7. The summed E-state index contributed by atoms with van der Waals surface area (Å²) in [6.07, 6.45) is 2.83. The molecule has 12 heteroatoms. The van der Waals surface area contributed by atoms with Gasteiger partial charge in [-0.1, -0.05) is 29.8 Å². The van der Waals surface area contributed by atoms with Crippen molar-refractivity contribution in [3.63, 3.8) is 0 Å². The lowest BCUT2D eigenvalue weighted by molar-refractivity contribution is -0.140. The van der Waals surface area contributed by atoms with Crippen LogP contribution in [0.4, 0.5) is 15.3 Å². The Morgan fingerprint density at radius 2 is 1.61 bits per heavy atom. The molecule has 0 fully saturated rings. The molecule has 1 aromatic carbocycles. The van der Waals surface area contributed by atoms with Crippen molar-refractivity contribution in [2.24, 2.45) is 0 Å². The van der Waals surface area contributed by atoms with Gasteiger partial charge >= 0.3 is 30.0 Å². The number of anilines is 1. The number of carboxylic acids is 3. The van der Waals surface area contributed by atoms with Gasteiger partial charge in [-0.2, -0.15) is 0 Å². The molecule has 1 rings (SSSR count). The number of aryl methyl sites for hydroxylation is 1. The van der Waals surface area contributed by atoms with E-state index in [1.165, 1.54) is 12.2 Å². The summed E-state index contributed by atoms with van der Waals surface area (Å²) >= 11 is 0. The molecule has 0 spiro atoms. The van der Waals surface area contributed by atoms with Crippen LogP contribution in [0.25, 0.3) is 0 Å². The number of hydrogen-bond acceptors (Lipinski definition) is 5. The number of nitrogens with one attached hydrogen (secondary N) is 4. The maximum atomic E-state index is 11.9. The molecule has 0 aliphatic carbocycles. The summed E-state index contributed by atoms with van der Waals surface area (Å²) in [4.78, 5) is 56.7. The Morgan fingerprint density at radius 1 is 0.939 bits per heavy atom. The van der Waals surface area contributed by atoms with Crippen molar-refractivity contribution >= 4 is 35.7 Å². The number of carbonyl (C=O) groups is 5. The average molecular weight is 464 g/mol. The number of rotatable bonds is 13. The standard InChI is InChI=1S/C21H28N4O8/c1-13-6-8-14(9-7-13)23-20(32)22-12-4-2-3-5-15(18(28)29)24-21(33)25-16(19(30)31)10-11-17(26)27/h3,5-9,15-16H,2,4,10-12H2,1H3,(H,26,27)(H,28,29)(H,30,31)(H2,22,23,32)(H2,24,25,33)/t15-,16-/m0/s1. The van der Waals surface area contributed by atoms with Gasteiger partial charge in [-0.3, -0.25) is 4.79 Å². The Hall–Kier alpha value is -4.09. The molecule has 7 N–H and O–H groups in total. The first-order chi connectivity index (χ1) is 15.6. The van der Waals surface area contributed by atoms with Crippen molar-refractivity contribution in [3.8, 4) is 0 Å². The number of unbranched alkanes of at least 4 members (excludes halogenated alkanes) is 1. The smallest absolute Gasteiger partial charge is 0.330 e. The van der Waals surface area contributed by atoms with E-state index in [1.54, 1.807) is 12.1 Å². The highest BCUT2D eigenvalue weighted by Crippen LogP contribution is 2.08. The van der Waals surface area contributed by atoms with E-state index in [0.29, 0.717) is 25.1 Å². The van der Waals surface area contributed by atoms with Crippen molar-refractivity contribution in [1.82, 2.24) is 16.0 Å². The minimum Gasteiger partial charge on any atom is -0.481 e. The lowest BCUT2D eigenvalue weighted by Gasteiger charge is -2.16. The van der Waals surface area contributed by atoms with Gasteiger partial charge in [0.2, 0.25) is 0 Å². The second kappa shape index (κ2) is 14.1. The van der Waals surface area contributed by atoms with Gasteiger partial charge in [0.15, 0.2) is 0 Å². The number of amides is 4. The Bertz CT molecular complexity index is 870. The Balaban J connectivity index is 2.39. The van der Waals surface area contributed by atoms with E-state index in [9.17, 15) is 29.1 Å². The molecule has 12 nitrogen and oxygen atoms in total. The molecule has 0 aromatic heterocycles. The van der Waals surface area contributed by atoms with Crippen molar-refractivity contribution < 1.29 is 39.3 Å². The summed E-state index contributed by atoms with van der Waals surface area (Å²) in [6, 6.07) is 2.96. The minimum absolute atomic E-state index is 0.331. The van der Waals surface area contributed by atoms with Crippen LogP contribution in [0, 0.1) is 6.92 Å². The van der Waals surface area contributed by atoms with Crippen molar-refractivity contribution in [2.75, 3.05) is 11.9 Å². The van der Waals surface area contributed by atoms with E-state index >= 15 is 0 Å². The first-order valence-corrected chi connectivity index (χ1v) is 10.1. The zero-order valence-corrected chi connectivity index (χ0v) is 18.0. The van der Waals surface area contributed by atoms with E-state index < -0.39 is 42.4 Å². The number of allylic oxidation sites excluding steroid dienone is 1. The normalized spacial score (nSPS) is 12.4. The third-order valence-electron chi connectivity index (χ3n) is 4.27. The zero-order chi connectivity index (χ0) is 24.8. The fraction of sp³-hybridized carbons (Fsp3) is 0.381. The highest BCUT2D eigenvalue weighted by atomic mass is 16.4. The fourth-order valence-electron chi connectivity index (χ4n) is 2.52. The van der Waals surface area contributed by atoms with Crippen molar-refractivity contribution in [2.45, 2.75) is 44.7 Å². The number of aliphatic carboxylic acids is 3. The highest BCUT2D eigenvalue weighted by Gasteiger charge is 2.23. The molecule has 0 saturated heterocycles. The second-order valence-corrected chi connectivity index (χ2v) is 7.07. The zero-order valence-electron chi connectivity index (χ0n) is 18.0. The minimum atomic E-state index is -1.48. The monoisotopic (exact) mass is 464 g/mol. The topological polar surface area (TPSA) is 194 Å². The first kappa shape index (κ1) is 26.9. The summed E-state index contributed by atoms with van der Waals surface area (Å²) in [5.41, 5.74) is 1.72. The number of carbonyl (C=O) groups excluding carboxylic acids is 2. The van der Waals surface area contributed by atoms with Gasteiger partial charge < -0.3 is 36.6 Å². The quantitative estimate of drug-likeness (QED) is 0.168. The maximum Gasteiger partial charge on any atom is 0.330 e. The molecule has 0 aliphatic rings. The van der Waals surface area contributed by atoms with Crippen LogP contribution in [0.1, 0.15) is 31.2 Å². The van der Waals surface area contributed by atoms with E-state index in [0.717, 1.165) is 5.56 Å². The summed E-state index contributed by atoms with van der Waals surface area (Å²) in [6.45, 7) is 2.26. The molecule has 4 amide bonds. The van der Waals surface area contributed by atoms with Crippen molar-refractivity contribution in [1.29, 1.82) is 0 Å². The van der Waals surface area contributed by atoms with Crippen LogP contribution in [0.2, 0.25) is 0 Å². The molecular weight excluding hydrogens is 436 g/mol. The van der Waals surface area contributed by atoms with E-state index in [1.807, 2.05) is 24.4 Å². The second-order valence-electron chi connectivity index (χ2n) is 7.07. The summed E-state index contributed by atoms with van der Waals surface area (Å²) in [5, 5.41) is 36.4. The molecule has 1 aromatic rings. The molecule has 33 heavy (non-hydrogen) atoms. The summed E-state index contributed by atoms with van der Waals surface area (Å²) < 4.78 is 0. The lowest BCUT2D eigenvalue weighted by atomic mass is 10.1. The van der Waals surface area contributed by atoms with E-state index in [4.69, 9.17) is 10.2 Å². The summed E-state index contributed by atoms with van der Waals surface area (Å²) in [7, 11) is 0. The predicted octanol–water partition coefficient (Wildman–Crippen LogP) is 1.52. The predicted molar refractivity (Wildman–Crippen MR) is 118 cm³/mol. The third kappa shape index (κ3) is 11.8. The maximum absolute atomic E-state index is 11.9. The van der Waals surface area contributed by atoms with E-state index in [2.05, 4.69) is 16.0 Å². The van der Waals surface area contributed by atoms with Crippen LogP contribution in [0.15, 0.2) is 36.4 Å². The fourth-order valence-corrected chi connectivity index (χ4v) is 2.52. The molecule has 0 saturated carbocycles. The SMILES string of the molecule is Cc1ccc(NC(=O)NCCCC=C[C@H](NC(=O)N[C@@H](CCC(=O)O)C(=O)O)C(=O)O)cc1. The first-order valence-electron chi connectivity index (χ1n) is 10.1. The van der Waals surface area contributed by atoms with Crippen LogP contribution in [-0.4, -0.2) is 63.9 Å². The molecule has 2 atom stereocenters. The van der Waals surface area contributed by atoms with Gasteiger partial charge in [0.25, 0.3) is 0 Å². The molecular formula is C21H28N4O8. The lowest BCUT2D eigenvalue weighted by Crippen LogP contribution is -2.50. The van der Waals surface area contributed by atoms with Crippen molar-refractivity contribution in [3.05, 3.63) is 42.0 Å². The molecule has 180 valence electrons. The average Bonchev–Trinajstić information content (AvgIpc) is 2.73. The van der Waals surface area contributed by atoms with Gasteiger partial charge in [0.05, 0.1) is 0 Å². The molecule has 0 heterocycles. The van der Waals surface area contributed by atoms with Crippen LogP contribution >= 0.6 is 0 Å². The Kier molecular flexibility index (Phi) is 11.5. The molecule has 0 radical (unpaired) electrons. The molecule has 0 aliphatic heterocycles. The van der Waals surface area contributed by atoms with Gasteiger partial charge in [-0.25, -0.2) is 19.2 Å². The largest absolute Gasteiger partial charge is 0.481 e. The number of benzene rings is 1. The van der Waals surface area contributed by atoms with Gasteiger partial charge in [0.1, 0.15) is 12.1 Å². The van der Waals surface area contributed by atoms with E-state index in [-0.39, 0.29) is 12.5 Å². The number of carboxylic acid groups (broad SMARTS) is 3. The van der Waals surface area contributed by atoms with Crippen LogP contribution < -0.4 is 21.3 Å². The Labute approximate surface area is 190 Å².